The van der Waals surface area contributed by atoms with Gasteiger partial charge in [0.25, 0.3) is 5.91 Å². The van der Waals surface area contributed by atoms with Crippen molar-refractivity contribution in [1.29, 1.82) is 0 Å². The van der Waals surface area contributed by atoms with Crippen molar-refractivity contribution in [2.75, 3.05) is 11.5 Å². The molecular formula is C25H43N5O6S3Si3. The van der Waals surface area contributed by atoms with E-state index in [0.29, 0.717) is 24.3 Å². The fourth-order valence-electron chi connectivity index (χ4n) is 4.34. The molecule has 2 amide bonds. The Kier molecular flexibility index (Phi) is 11.7. The van der Waals surface area contributed by atoms with Crippen LogP contribution in [0.3, 0.4) is 0 Å². The molecule has 1 saturated heterocycles. The first-order valence-corrected chi connectivity index (χ1v) is 27.2. The number of nitrogens with one attached hydrogen (secondary N) is 2. The molecule has 3 rings (SSSR count). The number of hydrogen-bond acceptors (Lipinski definition) is 12. The average Bonchev–Trinajstić information content (AvgIpc) is 3.35. The van der Waals surface area contributed by atoms with Crippen LogP contribution in [-0.4, -0.2) is 92.7 Å². The number of thioether (sulfide) groups is 2. The minimum Gasteiger partial charge on any atom is -0.519 e. The number of hydrogen-bond donors (Lipinski definition) is 2. The van der Waals surface area contributed by atoms with Crippen molar-refractivity contribution in [2.24, 2.45) is 0 Å². The molecular weight excluding hydrogens is 647 g/mol. The molecule has 2 N–H and O–H groups in total. The van der Waals surface area contributed by atoms with Gasteiger partial charge >= 0.3 is 11.9 Å². The molecule has 2 aliphatic rings. The third-order valence-electron chi connectivity index (χ3n) is 5.86. The van der Waals surface area contributed by atoms with Crippen molar-refractivity contribution < 1.29 is 28.0 Å². The van der Waals surface area contributed by atoms with Gasteiger partial charge in [0.05, 0.1) is 6.04 Å². The van der Waals surface area contributed by atoms with Crippen LogP contribution in [0.5, 0.6) is 0 Å². The van der Waals surface area contributed by atoms with Crippen molar-refractivity contribution in [3.8, 4) is 0 Å². The van der Waals surface area contributed by atoms with E-state index < -0.39 is 42.9 Å². The molecule has 42 heavy (non-hydrogen) atoms. The molecule has 17 heteroatoms. The monoisotopic (exact) mass is 689 g/mol. The molecule has 2 aliphatic heterocycles. The number of carbonyl (C=O) groups is 4. The van der Waals surface area contributed by atoms with Crippen LogP contribution in [0.4, 0.5) is 0 Å². The summed E-state index contributed by atoms with van der Waals surface area (Å²) in [6.45, 7) is 18.0. The van der Waals surface area contributed by atoms with Crippen LogP contribution in [0.1, 0.15) is 19.3 Å². The predicted molar refractivity (Wildman–Crippen MR) is 176 cm³/mol. The summed E-state index contributed by atoms with van der Waals surface area (Å²) in [5.74, 6) is -0.309. The van der Waals surface area contributed by atoms with Gasteiger partial charge in [0.2, 0.25) is 22.5 Å². The van der Waals surface area contributed by atoms with Gasteiger partial charge < -0.3 is 19.2 Å². The third kappa shape index (κ3) is 10.3. The zero-order valence-corrected chi connectivity index (χ0v) is 31.3. The number of carbonyl (C=O) groups excluding carboxylic acids is 4. The first-order chi connectivity index (χ1) is 19.3. The lowest BCUT2D eigenvalue weighted by atomic mass is 10.0. The Morgan fingerprint density at radius 2 is 1.76 bits per heavy atom. The molecule has 3 unspecified atom stereocenters. The van der Waals surface area contributed by atoms with Gasteiger partial charge in [-0.05, 0) is 57.7 Å². The maximum atomic E-state index is 13.3. The van der Waals surface area contributed by atoms with E-state index in [-0.39, 0.29) is 35.3 Å². The predicted octanol–water partition coefficient (Wildman–Crippen LogP) is 4.00. The molecule has 234 valence electrons. The van der Waals surface area contributed by atoms with Gasteiger partial charge in [-0.15, -0.1) is 22.0 Å². The highest BCUT2D eigenvalue weighted by atomic mass is 32.2. The van der Waals surface area contributed by atoms with E-state index >= 15 is 0 Å². The maximum Gasteiger partial charge on any atom is 0.341 e. The minimum atomic E-state index is -2.22. The van der Waals surface area contributed by atoms with Crippen molar-refractivity contribution in [3.63, 3.8) is 0 Å². The number of nitrogens with zero attached hydrogens (tertiary/aromatic N) is 3. The summed E-state index contributed by atoms with van der Waals surface area (Å²) in [4.78, 5) is 57.3. The molecule has 1 fully saturated rings. The Morgan fingerprint density at radius 3 is 2.33 bits per heavy atom. The highest BCUT2D eigenvalue weighted by Gasteiger charge is 2.54. The van der Waals surface area contributed by atoms with Gasteiger partial charge in [0, 0.05) is 17.9 Å². The van der Waals surface area contributed by atoms with Crippen molar-refractivity contribution in [3.05, 3.63) is 16.8 Å². The minimum absolute atomic E-state index is 0.176. The van der Waals surface area contributed by atoms with E-state index in [0.717, 1.165) is 9.91 Å². The van der Waals surface area contributed by atoms with Crippen molar-refractivity contribution >= 4 is 83.5 Å². The van der Waals surface area contributed by atoms with Gasteiger partial charge in [-0.2, -0.15) is 0 Å². The van der Waals surface area contributed by atoms with Crippen LogP contribution in [0.15, 0.2) is 21.1 Å². The summed E-state index contributed by atoms with van der Waals surface area (Å²) in [5, 5.41) is 10.4. The lowest BCUT2D eigenvalue weighted by molar-refractivity contribution is -0.150. The first kappa shape index (κ1) is 35.0. The zero-order valence-electron chi connectivity index (χ0n) is 25.9. The second-order valence-electron chi connectivity index (χ2n) is 13.3. The van der Waals surface area contributed by atoms with Crippen LogP contribution in [0, 0.1) is 0 Å². The summed E-state index contributed by atoms with van der Waals surface area (Å²) in [6.07, 6.45) is 1.11. The SMILES string of the molecule is C[Si](C)(C)NC(CCCC(=O)NC1C(=O)N2C(C(=O)O[Si](C)(C)C)=C(CSc3nncs3)CSC12)C(=O)O[Si](C)(C)C. The molecule has 1 aromatic rings. The van der Waals surface area contributed by atoms with E-state index in [4.69, 9.17) is 8.85 Å². The number of β-lactam (4-membered cyclic amide) rings is 1. The van der Waals surface area contributed by atoms with Gasteiger partial charge in [-0.3, -0.25) is 19.3 Å². The first-order valence-electron chi connectivity index (χ1n) is 13.9. The molecule has 0 saturated carbocycles. The highest BCUT2D eigenvalue weighted by molar-refractivity contribution is 8.01. The van der Waals surface area contributed by atoms with Crippen LogP contribution in [0.2, 0.25) is 58.9 Å². The number of rotatable bonds is 14. The van der Waals surface area contributed by atoms with Crippen LogP contribution in [-0.2, 0) is 28.0 Å². The van der Waals surface area contributed by atoms with Crippen LogP contribution in [0.25, 0.3) is 0 Å². The largest absolute Gasteiger partial charge is 0.519 e. The van der Waals surface area contributed by atoms with E-state index in [9.17, 15) is 19.2 Å². The number of amides is 2. The highest BCUT2D eigenvalue weighted by Crippen LogP contribution is 2.42. The van der Waals surface area contributed by atoms with E-state index in [1.54, 1.807) is 5.51 Å². The Balaban J connectivity index is 1.63. The molecule has 0 bridgehead atoms. The normalized spacial score (nSPS) is 20.0. The topological polar surface area (TPSA) is 140 Å². The molecule has 3 atom stereocenters. The van der Waals surface area contributed by atoms with Crippen molar-refractivity contribution in [2.45, 2.75) is 100.0 Å². The molecule has 0 aliphatic carbocycles. The van der Waals surface area contributed by atoms with Gasteiger partial charge in [-0.25, -0.2) is 4.79 Å². The molecule has 11 nitrogen and oxygen atoms in total. The third-order valence-corrected chi connectivity index (χ3v) is 12.0. The lowest BCUT2D eigenvalue weighted by Crippen LogP contribution is -2.70. The molecule has 1 aromatic heterocycles. The second-order valence-corrected chi connectivity index (χ2v) is 30.1. The smallest absolute Gasteiger partial charge is 0.341 e. The lowest BCUT2D eigenvalue weighted by Gasteiger charge is -2.50. The summed E-state index contributed by atoms with van der Waals surface area (Å²) in [6, 6.07) is -1.19. The van der Waals surface area contributed by atoms with Gasteiger partial charge in [-0.1, -0.05) is 42.7 Å². The maximum absolute atomic E-state index is 13.3. The quantitative estimate of drug-likeness (QED) is 0.166. The molecule has 0 aromatic carbocycles. The standard InChI is InChI=1S/C25H43N5O6S3Si3/c1-40(2,3)29-17(23(33)35-41(4,5)6)11-10-12-18(31)27-19-21(32)30-20(24(34)36-42(7,8)9)16(13-37-22(19)30)14-38-25-28-26-15-39-25/h15,17,19,22,29H,10-14H2,1-9H3,(H,27,31). The fraction of sp³-hybridized carbons (Fsp3) is 0.680. The Labute approximate surface area is 264 Å². The summed E-state index contributed by atoms with van der Waals surface area (Å²) >= 11 is 4.41. The molecule has 0 radical (unpaired) electrons. The average molecular weight is 690 g/mol. The van der Waals surface area contributed by atoms with E-state index in [1.807, 2.05) is 39.3 Å². The zero-order chi connectivity index (χ0) is 31.5. The van der Waals surface area contributed by atoms with E-state index in [1.165, 1.54) is 39.8 Å². The number of fused-ring (bicyclic) bond motifs is 1. The molecule has 0 spiro atoms. The number of aromatic nitrogens is 2. The van der Waals surface area contributed by atoms with Crippen molar-refractivity contribution in [1.82, 2.24) is 25.4 Å². The second kappa shape index (κ2) is 14.1. The Bertz CT molecular complexity index is 1200. The Morgan fingerprint density at radius 1 is 1.10 bits per heavy atom. The van der Waals surface area contributed by atoms with E-state index in [2.05, 4.69) is 40.1 Å². The van der Waals surface area contributed by atoms with Crippen LogP contribution < -0.4 is 10.3 Å². The summed E-state index contributed by atoms with van der Waals surface area (Å²) in [7, 11) is -6.06. The molecule has 3 heterocycles. The Hall–Kier alpha value is -1.51. The summed E-state index contributed by atoms with van der Waals surface area (Å²) < 4.78 is 12.3. The van der Waals surface area contributed by atoms with Gasteiger partial charge in [0.1, 0.15) is 30.9 Å². The van der Waals surface area contributed by atoms with Crippen LogP contribution >= 0.6 is 34.9 Å². The summed E-state index contributed by atoms with van der Waals surface area (Å²) in [5.41, 5.74) is 2.75. The van der Waals surface area contributed by atoms with Gasteiger partial charge in [0.15, 0.2) is 4.34 Å². The fourth-order valence-corrected chi connectivity index (χ4v) is 10.0.